The van der Waals surface area contributed by atoms with E-state index in [2.05, 4.69) is 15.5 Å². The summed E-state index contributed by atoms with van der Waals surface area (Å²) in [4.78, 5) is 23.3. The highest BCUT2D eigenvalue weighted by Crippen LogP contribution is 2.38. The summed E-state index contributed by atoms with van der Waals surface area (Å²) in [5.74, 6) is 0.628. The number of benzene rings is 2. The summed E-state index contributed by atoms with van der Waals surface area (Å²) in [6.45, 7) is 0.0943. The van der Waals surface area contributed by atoms with Crippen molar-refractivity contribution in [2.75, 3.05) is 12.1 Å². The van der Waals surface area contributed by atoms with Crippen molar-refractivity contribution in [3.8, 4) is 11.5 Å². The third kappa shape index (κ3) is 3.60. The van der Waals surface area contributed by atoms with Crippen molar-refractivity contribution in [3.63, 3.8) is 0 Å². The summed E-state index contributed by atoms with van der Waals surface area (Å²) < 4.78 is 10.9. The highest BCUT2D eigenvalue weighted by Gasteiger charge is 2.20. The van der Waals surface area contributed by atoms with Crippen LogP contribution in [-0.4, -0.2) is 27.8 Å². The van der Waals surface area contributed by atoms with Crippen LogP contribution in [0, 0.1) is 10.1 Å². The summed E-state index contributed by atoms with van der Waals surface area (Å²) >= 11 is 0.813. The van der Waals surface area contributed by atoms with Crippen molar-refractivity contribution in [1.29, 1.82) is 0 Å². The number of amides is 1. The molecule has 5 rings (SSSR count). The van der Waals surface area contributed by atoms with Gasteiger partial charge in [0, 0.05) is 23.1 Å². The molecule has 9 nitrogen and oxygen atoms in total. The van der Waals surface area contributed by atoms with Gasteiger partial charge in [0.05, 0.1) is 26.7 Å². The van der Waals surface area contributed by atoms with Gasteiger partial charge < -0.3 is 14.8 Å². The number of para-hydroxylation sites is 1. The second-order valence-electron chi connectivity index (χ2n) is 6.63. The quantitative estimate of drug-likeness (QED) is 0.348. The average Bonchev–Trinajstić information content (AvgIpc) is 3.51. The highest BCUT2D eigenvalue weighted by atomic mass is 32.1. The zero-order valence-corrected chi connectivity index (χ0v) is 16.6. The number of nitrogens with zero attached hydrogens (tertiary/aromatic N) is 2. The van der Waals surface area contributed by atoms with Crippen LogP contribution < -0.4 is 14.8 Å². The lowest BCUT2D eigenvalue weighted by Crippen LogP contribution is -2.11. The molecule has 0 bridgehead atoms. The molecule has 0 radical (unpaired) electrons. The Morgan fingerprint density at radius 2 is 1.97 bits per heavy atom. The first-order valence-electron chi connectivity index (χ1n) is 9.19. The van der Waals surface area contributed by atoms with Crippen molar-refractivity contribution in [2.24, 2.45) is 0 Å². The number of ether oxygens (including phenoxy) is 2. The number of rotatable bonds is 5. The third-order valence-corrected chi connectivity index (χ3v) is 5.74. The van der Waals surface area contributed by atoms with E-state index in [0.29, 0.717) is 22.7 Å². The van der Waals surface area contributed by atoms with Gasteiger partial charge in [0.25, 0.3) is 5.91 Å². The molecule has 0 saturated carbocycles. The first kappa shape index (κ1) is 18.8. The van der Waals surface area contributed by atoms with Crippen molar-refractivity contribution in [3.05, 3.63) is 74.8 Å². The summed E-state index contributed by atoms with van der Waals surface area (Å²) in [5, 5.41) is 21.9. The molecule has 0 spiro atoms. The molecule has 0 fully saturated rings. The monoisotopic (exact) mass is 434 g/mol. The Labute approximate surface area is 179 Å². The molecule has 1 aliphatic heterocycles. The van der Waals surface area contributed by atoms with E-state index in [1.54, 1.807) is 12.1 Å². The molecule has 2 aromatic heterocycles. The number of anilines is 1. The second kappa shape index (κ2) is 7.58. The number of nitro groups is 1. The van der Waals surface area contributed by atoms with Gasteiger partial charge in [-0.2, -0.15) is 5.10 Å². The minimum absolute atomic E-state index is 0.0943. The molecule has 4 aromatic rings. The van der Waals surface area contributed by atoms with Gasteiger partial charge in [-0.05, 0) is 24.3 Å². The summed E-state index contributed by atoms with van der Waals surface area (Å²) in [5.41, 5.74) is 2.83. The van der Waals surface area contributed by atoms with Crippen LogP contribution in [0.3, 0.4) is 0 Å². The molecule has 0 aliphatic carbocycles. The minimum atomic E-state index is -0.523. The SMILES string of the molecule is O=C(Nc1cc2c(cc1C=Cc1n[nH]c3ccccc13)OCO2)c1ccc([N+](=O)[O-])s1. The van der Waals surface area contributed by atoms with Gasteiger partial charge in [-0.3, -0.25) is 20.0 Å². The van der Waals surface area contributed by atoms with E-state index < -0.39 is 10.8 Å². The summed E-state index contributed by atoms with van der Waals surface area (Å²) in [6.07, 6.45) is 3.65. The maximum absolute atomic E-state index is 12.7. The average molecular weight is 434 g/mol. The van der Waals surface area contributed by atoms with E-state index in [0.717, 1.165) is 27.9 Å². The van der Waals surface area contributed by atoms with Crippen LogP contribution in [0.1, 0.15) is 20.9 Å². The van der Waals surface area contributed by atoms with Crippen LogP contribution in [0.4, 0.5) is 10.7 Å². The lowest BCUT2D eigenvalue weighted by Gasteiger charge is -2.09. The topological polar surface area (TPSA) is 119 Å². The molecule has 0 atom stereocenters. The van der Waals surface area contributed by atoms with Gasteiger partial charge in [0.2, 0.25) is 6.79 Å². The predicted octanol–water partition coefficient (Wildman–Crippen LogP) is 4.68. The maximum Gasteiger partial charge on any atom is 0.324 e. The van der Waals surface area contributed by atoms with Crippen molar-refractivity contribution >= 4 is 51.0 Å². The zero-order valence-electron chi connectivity index (χ0n) is 15.8. The lowest BCUT2D eigenvalue weighted by molar-refractivity contribution is -0.380. The number of fused-ring (bicyclic) bond motifs is 2. The lowest BCUT2D eigenvalue weighted by atomic mass is 10.1. The summed E-state index contributed by atoms with van der Waals surface area (Å²) in [7, 11) is 0. The molecular weight excluding hydrogens is 420 g/mol. The van der Waals surface area contributed by atoms with Crippen LogP contribution in [0.5, 0.6) is 11.5 Å². The molecule has 154 valence electrons. The molecular formula is C21H14N4O5S. The van der Waals surface area contributed by atoms with E-state index in [-0.39, 0.29) is 16.7 Å². The van der Waals surface area contributed by atoms with E-state index >= 15 is 0 Å². The Balaban J connectivity index is 1.48. The molecule has 10 heteroatoms. The fourth-order valence-electron chi connectivity index (χ4n) is 3.22. The first-order chi connectivity index (χ1) is 15.1. The highest BCUT2D eigenvalue weighted by molar-refractivity contribution is 7.17. The predicted molar refractivity (Wildman–Crippen MR) is 117 cm³/mol. The van der Waals surface area contributed by atoms with Gasteiger partial charge in [-0.15, -0.1) is 0 Å². The fraction of sp³-hybridized carbons (Fsp3) is 0.0476. The molecule has 31 heavy (non-hydrogen) atoms. The first-order valence-corrected chi connectivity index (χ1v) is 10.0. The van der Waals surface area contributed by atoms with Crippen molar-refractivity contribution in [2.45, 2.75) is 0 Å². The maximum atomic E-state index is 12.7. The van der Waals surface area contributed by atoms with Gasteiger partial charge in [0.1, 0.15) is 0 Å². The van der Waals surface area contributed by atoms with Gasteiger partial charge >= 0.3 is 5.00 Å². The Kier molecular flexibility index (Phi) is 4.60. The van der Waals surface area contributed by atoms with E-state index in [9.17, 15) is 14.9 Å². The molecule has 2 N–H and O–H groups in total. The molecule has 3 heterocycles. The smallest absolute Gasteiger partial charge is 0.324 e. The number of aromatic nitrogens is 2. The normalized spacial score (nSPS) is 12.5. The molecule has 1 amide bonds. The Morgan fingerprint density at radius 1 is 1.16 bits per heavy atom. The molecule has 2 aromatic carbocycles. The van der Waals surface area contributed by atoms with Crippen LogP contribution in [0.25, 0.3) is 23.1 Å². The third-order valence-electron chi connectivity index (χ3n) is 4.71. The molecule has 0 unspecified atom stereocenters. The number of carbonyl (C=O) groups is 1. The number of hydrogen-bond donors (Lipinski definition) is 2. The Bertz CT molecular complexity index is 1360. The van der Waals surface area contributed by atoms with Gasteiger partial charge in [0.15, 0.2) is 11.5 Å². The Hall–Kier alpha value is -4.18. The van der Waals surface area contributed by atoms with Crippen LogP contribution >= 0.6 is 11.3 Å². The number of nitrogens with one attached hydrogen (secondary N) is 2. The number of thiophene rings is 1. The number of aromatic amines is 1. The van der Waals surface area contributed by atoms with Gasteiger partial charge in [-0.1, -0.05) is 35.6 Å². The van der Waals surface area contributed by atoms with E-state index in [1.807, 2.05) is 36.4 Å². The Morgan fingerprint density at radius 3 is 2.77 bits per heavy atom. The van der Waals surface area contributed by atoms with Gasteiger partial charge in [-0.25, -0.2) is 0 Å². The van der Waals surface area contributed by atoms with Crippen LogP contribution in [-0.2, 0) is 0 Å². The van der Waals surface area contributed by atoms with E-state index in [4.69, 9.17) is 9.47 Å². The fourth-order valence-corrected chi connectivity index (χ4v) is 3.93. The summed E-state index contributed by atoms with van der Waals surface area (Å²) in [6, 6.07) is 13.9. The largest absolute Gasteiger partial charge is 0.454 e. The molecule has 1 aliphatic rings. The van der Waals surface area contributed by atoms with E-state index in [1.165, 1.54) is 12.1 Å². The molecule has 0 saturated heterocycles. The number of carbonyl (C=O) groups excluding carboxylic acids is 1. The minimum Gasteiger partial charge on any atom is -0.454 e. The number of H-pyrrole nitrogens is 1. The zero-order chi connectivity index (χ0) is 21.4. The second-order valence-corrected chi connectivity index (χ2v) is 7.69. The van der Waals surface area contributed by atoms with Crippen molar-refractivity contribution in [1.82, 2.24) is 10.2 Å². The standard InChI is InChI=1S/C21H14N4O5S/c26-21(19-7-8-20(31-19)25(27)28)22-16-10-18-17(29-11-30-18)9-12(16)5-6-15-13-3-1-2-4-14(13)23-24-15/h1-10H,11H2,(H,22,26)(H,23,24). The number of hydrogen-bond acceptors (Lipinski definition) is 7. The van der Waals surface area contributed by atoms with Crippen molar-refractivity contribution < 1.29 is 19.2 Å². The van der Waals surface area contributed by atoms with Crippen LogP contribution in [0.15, 0.2) is 48.5 Å². The van der Waals surface area contributed by atoms with Crippen LogP contribution in [0.2, 0.25) is 0 Å².